The lowest BCUT2D eigenvalue weighted by Gasteiger charge is -2.15. The highest BCUT2D eigenvalue weighted by atomic mass is 35.5. The number of fused-ring (bicyclic) bond motifs is 2. The van der Waals surface area contributed by atoms with Crippen LogP contribution >= 0.6 is 24.8 Å². The molecule has 0 aliphatic rings. The van der Waals surface area contributed by atoms with Gasteiger partial charge in [0.15, 0.2) is 5.78 Å². The molecule has 0 saturated carbocycles. The monoisotopic (exact) mass is 1260 g/mol. The van der Waals surface area contributed by atoms with Gasteiger partial charge in [-0.1, -0.05) is 36.4 Å². The lowest BCUT2D eigenvalue weighted by Crippen LogP contribution is -2.22. The number of pyridine rings is 2. The van der Waals surface area contributed by atoms with Crippen molar-refractivity contribution >= 4 is 146 Å². The lowest BCUT2D eigenvalue weighted by molar-refractivity contribution is 0.0686. The molecule has 1 amide bonds. The van der Waals surface area contributed by atoms with Crippen LogP contribution in [0, 0.1) is 0 Å². The number of carboxylic acids is 2. The summed E-state index contributed by atoms with van der Waals surface area (Å²) >= 11 is 0. The summed E-state index contributed by atoms with van der Waals surface area (Å²) < 4.78 is 0. The molecule has 9 rings (SSSR count). The third kappa shape index (κ3) is 22.7. The number of hydrogen-bond acceptors (Lipinski definition) is 17. The molecule has 0 aliphatic heterocycles. The van der Waals surface area contributed by atoms with Gasteiger partial charge in [-0.2, -0.15) is 15.3 Å². The molecule has 2 heterocycles. The Morgan fingerprint density at radius 3 is 1.14 bits per heavy atom. The minimum Gasteiger partial charge on any atom is -0.478 e. The summed E-state index contributed by atoms with van der Waals surface area (Å²) in [7, 11) is 8.09. The Labute approximate surface area is 533 Å². The molecule has 26 heteroatoms. The first-order valence-corrected chi connectivity index (χ1v) is 26.6. The second-order valence-corrected chi connectivity index (χ2v) is 19.3. The topological polar surface area (TPSA) is 395 Å². The molecule has 17 N–H and O–H groups in total. The number of anilines is 8. The van der Waals surface area contributed by atoms with Crippen LogP contribution in [0.15, 0.2) is 208 Å². The Kier molecular flexibility index (Phi) is 28.8. The van der Waals surface area contributed by atoms with Crippen molar-refractivity contribution in [3.8, 4) is 0 Å². The van der Waals surface area contributed by atoms with Crippen LogP contribution in [-0.2, 0) is 0 Å². The highest BCUT2D eigenvalue weighted by Crippen LogP contribution is 2.31. The fourth-order valence-electron chi connectivity index (χ4n) is 7.71. The molecule has 24 nitrogen and oxygen atoms in total. The number of carboxylic acid groups (broad SMARTS) is 2. The zero-order chi connectivity index (χ0) is 64.5. The zero-order valence-corrected chi connectivity index (χ0v) is 52.0. The highest BCUT2D eigenvalue weighted by Gasteiger charge is 2.11. The van der Waals surface area contributed by atoms with Crippen LogP contribution in [-0.4, -0.2) is 102 Å². The Hall–Kier alpha value is -11.6. The van der Waals surface area contributed by atoms with Gasteiger partial charge in [0.25, 0.3) is 5.91 Å². The summed E-state index contributed by atoms with van der Waals surface area (Å²) in [6, 6.07) is 50.8. The number of guanidine groups is 2. The minimum absolute atomic E-state index is 0. The van der Waals surface area contributed by atoms with Crippen LogP contribution in [0.25, 0.3) is 21.8 Å². The van der Waals surface area contributed by atoms with E-state index in [1.807, 2.05) is 113 Å². The highest BCUT2D eigenvalue weighted by molar-refractivity contribution is 6.06. The van der Waals surface area contributed by atoms with Crippen molar-refractivity contribution in [1.29, 1.82) is 0 Å². The second kappa shape index (κ2) is 35.7. The predicted molar refractivity (Wildman–Crippen MR) is 371 cm³/mol. The number of nitrogens with two attached hydrogens (primary N) is 6. The molecule has 90 heavy (non-hydrogen) atoms. The molecule has 9 aromatic rings. The number of aromatic nitrogens is 2. The number of carbonyl (C=O) groups is 4. The van der Waals surface area contributed by atoms with Gasteiger partial charge in [-0.25, -0.2) is 9.59 Å². The SMILES string of the molecule is C/C(=N/N=C(N)N)c1ccc(C(=O)O)cc1.C/C(=N\N=C(N)N)c1ccc(C(=O)Nc2ccc(Nc3ccnc4ccc(N(C)C)cc34)cc2)cc1.C=NN.CC(=O)c1ccc(C(=O)O)cc1.CN(C)c1ccc2nccc(Nc3ccc(N)cc3)c2c1.Cl.Cl. The number of rotatable bonds is 15. The maximum atomic E-state index is 12.7. The van der Waals surface area contributed by atoms with Crippen LogP contribution in [0.1, 0.15) is 73.3 Å². The van der Waals surface area contributed by atoms with E-state index in [-0.39, 0.29) is 59.6 Å². The third-order valence-corrected chi connectivity index (χ3v) is 12.4. The van der Waals surface area contributed by atoms with E-state index in [9.17, 15) is 19.2 Å². The van der Waals surface area contributed by atoms with E-state index < -0.39 is 11.9 Å². The Balaban J connectivity index is 0.000000333. The van der Waals surface area contributed by atoms with E-state index in [1.165, 1.54) is 43.3 Å². The number of benzene rings is 7. The van der Waals surface area contributed by atoms with Crippen molar-refractivity contribution < 1.29 is 29.4 Å². The Morgan fingerprint density at radius 1 is 0.467 bits per heavy atom. The van der Waals surface area contributed by atoms with Crippen molar-refractivity contribution in [2.45, 2.75) is 20.8 Å². The average Bonchev–Trinajstić information content (AvgIpc) is 1.89. The van der Waals surface area contributed by atoms with Gasteiger partial charge in [0.05, 0.1) is 33.6 Å². The second-order valence-electron chi connectivity index (χ2n) is 19.3. The van der Waals surface area contributed by atoms with Crippen LogP contribution in [0.3, 0.4) is 0 Å². The first-order valence-electron chi connectivity index (χ1n) is 26.6. The van der Waals surface area contributed by atoms with E-state index >= 15 is 0 Å². The standard InChI is InChI=1S/C27H28N8O.C17H18N4.C10H12N4O2.C9H8O3.CH4N2.2ClH/c1-17(33-34-27(28)29)18-4-6-19(7-5-18)26(36)32-21-10-8-20(9-11-21)31-25-14-15-30-24-13-12-22(35(2)3)16-23(24)25;1-21(2)14-7-8-16-15(11-14)17(9-10-19-16)20-13-5-3-12(18)4-6-13;1-6(13-14-10(11)12)7-2-4-8(5-3-7)9(15)16;1-6(10)7-2-4-8(5-3-7)9(11)12;1-3-2;;/h4-16H,1-3H3,(H,30,31)(H,32,36)(H4,28,29,34);3-11H,18H2,1-2H3,(H,19,20);2-5H,1H3,(H,15,16)(H4,11,12,14);2-5H,1H3,(H,11,12);1-2H2;2*1H/b33-17+;;13-6-;;;;. The number of hydrazone groups is 1. The smallest absolute Gasteiger partial charge is 0.335 e. The maximum absolute atomic E-state index is 12.7. The number of nitrogens with one attached hydrogen (secondary N) is 3. The van der Waals surface area contributed by atoms with E-state index in [2.05, 4.69) is 92.0 Å². The van der Waals surface area contributed by atoms with Crippen LogP contribution in [0.5, 0.6) is 0 Å². The van der Waals surface area contributed by atoms with E-state index in [1.54, 1.807) is 56.4 Å². The quantitative estimate of drug-likeness (QED) is 0.0113. The van der Waals surface area contributed by atoms with Crippen molar-refractivity contribution in [2.24, 2.45) is 54.3 Å². The van der Waals surface area contributed by atoms with Crippen molar-refractivity contribution in [3.63, 3.8) is 0 Å². The van der Waals surface area contributed by atoms with Crippen molar-refractivity contribution in [3.05, 3.63) is 216 Å². The molecule has 7 aromatic carbocycles. The summed E-state index contributed by atoms with van der Waals surface area (Å²) in [5.74, 6) is 1.90. The lowest BCUT2D eigenvalue weighted by atomic mass is 10.1. The number of amides is 1. The molecule has 0 atom stereocenters. The minimum atomic E-state index is -0.981. The molecule has 0 saturated heterocycles. The van der Waals surface area contributed by atoms with Gasteiger partial charge in [0.2, 0.25) is 11.9 Å². The molecule has 0 aliphatic carbocycles. The number of nitrogens with zero attached hydrogens (tertiary/aromatic N) is 9. The Morgan fingerprint density at radius 2 is 0.800 bits per heavy atom. The third-order valence-electron chi connectivity index (χ3n) is 12.4. The number of ketones is 1. The van der Waals surface area contributed by atoms with Gasteiger partial charge in [-0.3, -0.25) is 19.6 Å². The van der Waals surface area contributed by atoms with E-state index in [4.69, 9.17) is 38.9 Å². The maximum Gasteiger partial charge on any atom is 0.335 e. The summed E-state index contributed by atoms with van der Waals surface area (Å²) in [5, 5.41) is 46.8. The first-order chi connectivity index (χ1) is 42.0. The summed E-state index contributed by atoms with van der Waals surface area (Å²) in [6.45, 7) is 7.84. The molecule has 468 valence electrons. The van der Waals surface area contributed by atoms with E-state index in [0.717, 1.165) is 72.7 Å². The van der Waals surface area contributed by atoms with Crippen LogP contribution in [0.2, 0.25) is 0 Å². The molecule has 0 spiro atoms. The zero-order valence-electron chi connectivity index (χ0n) is 50.4. The molecule has 0 fully saturated rings. The first kappa shape index (κ1) is 72.6. The number of carbonyl (C=O) groups excluding carboxylic acids is 2. The number of aromatic carboxylic acids is 2. The molecular formula is C64H72Cl2N18O6. The largest absolute Gasteiger partial charge is 0.478 e. The predicted octanol–water partition coefficient (Wildman–Crippen LogP) is 10.3. The fourth-order valence-corrected chi connectivity index (χ4v) is 7.71. The van der Waals surface area contributed by atoms with Gasteiger partial charge in [0.1, 0.15) is 0 Å². The number of halogens is 2. The van der Waals surface area contributed by atoms with Gasteiger partial charge in [-0.15, -0.1) is 35.0 Å². The van der Waals surface area contributed by atoms with Gasteiger partial charge in [0, 0.05) is 115 Å². The Bertz CT molecular complexity index is 3960. The average molecular weight is 1260 g/mol. The molecule has 0 bridgehead atoms. The molecule has 2 aromatic heterocycles. The van der Waals surface area contributed by atoms with Gasteiger partial charge >= 0.3 is 11.9 Å². The number of hydrogen-bond donors (Lipinski definition) is 11. The normalized spacial score (nSPS) is 10.3. The molecule has 0 unspecified atom stereocenters. The summed E-state index contributed by atoms with van der Waals surface area (Å²) in [6.07, 6.45) is 3.60. The van der Waals surface area contributed by atoms with Crippen molar-refractivity contribution in [1.82, 2.24) is 9.97 Å². The fraction of sp³-hybridized carbons (Fsp3) is 0.109. The summed E-state index contributed by atoms with van der Waals surface area (Å²) in [4.78, 5) is 57.5. The van der Waals surface area contributed by atoms with Gasteiger partial charge in [-0.05, 0) is 165 Å². The molecule has 0 radical (unpaired) electrons. The van der Waals surface area contributed by atoms with Crippen LogP contribution < -0.4 is 60.3 Å². The number of Topliss-reactive ketones (excluding diaryl/α,β-unsaturated/α-hetero) is 1. The van der Waals surface area contributed by atoms with Crippen molar-refractivity contribution in [2.75, 3.05) is 59.7 Å². The number of nitrogen functional groups attached to an aromatic ring is 1. The molecular weight excluding hydrogens is 1190 g/mol. The van der Waals surface area contributed by atoms with Gasteiger partial charge < -0.3 is 70.5 Å². The van der Waals surface area contributed by atoms with Crippen LogP contribution in [0.4, 0.5) is 45.5 Å². The summed E-state index contributed by atoms with van der Waals surface area (Å²) in [5.41, 5.74) is 40.3. The van der Waals surface area contributed by atoms with E-state index in [0.29, 0.717) is 28.2 Å².